The Morgan fingerprint density at radius 1 is 1.38 bits per heavy atom. The Morgan fingerprint density at radius 3 is 2.62 bits per heavy atom. The van der Waals surface area contributed by atoms with E-state index in [2.05, 4.69) is 26.1 Å². The number of hydrogen-bond acceptors (Lipinski definition) is 3. The molecule has 0 aliphatic heterocycles. The third-order valence-corrected chi connectivity index (χ3v) is 3.79. The summed E-state index contributed by atoms with van der Waals surface area (Å²) in [5.41, 5.74) is 0.482. The molecular weight excluding hydrogens is 202 g/mol. The monoisotopic (exact) mass is 229 g/mol. The van der Waals surface area contributed by atoms with Gasteiger partial charge in [0, 0.05) is 20.8 Å². The summed E-state index contributed by atoms with van der Waals surface area (Å²) in [7, 11) is 3.54. The highest BCUT2D eigenvalue weighted by molar-refractivity contribution is 5.02. The van der Waals surface area contributed by atoms with Crippen LogP contribution in [0.2, 0.25) is 0 Å². The molecule has 1 rings (SSSR count). The van der Waals surface area contributed by atoms with E-state index >= 15 is 0 Å². The molecule has 0 aromatic carbocycles. The first-order valence-corrected chi connectivity index (χ1v) is 6.18. The molecule has 1 aliphatic carbocycles. The predicted octanol–water partition coefficient (Wildman–Crippen LogP) is 2.06. The maximum atomic E-state index is 5.50. The summed E-state index contributed by atoms with van der Waals surface area (Å²) >= 11 is 0. The Hall–Kier alpha value is -0.120. The van der Waals surface area contributed by atoms with Gasteiger partial charge >= 0.3 is 0 Å². The van der Waals surface area contributed by atoms with Crippen LogP contribution in [0.1, 0.15) is 33.6 Å². The lowest BCUT2D eigenvalue weighted by atomic mass is 9.90. The van der Waals surface area contributed by atoms with E-state index in [9.17, 15) is 0 Å². The van der Waals surface area contributed by atoms with Crippen LogP contribution in [-0.4, -0.2) is 39.5 Å². The summed E-state index contributed by atoms with van der Waals surface area (Å²) in [6, 6.07) is 0. The van der Waals surface area contributed by atoms with Gasteiger partial charge in [-0.2, -0.15) is 0 Å². The number of hydrogen-bond donors (Lipinski definition) is 1. The van der Waals surface area contributed by atoms with Crippen molar-refractivity contribution in [3.8, 4) is 0 Å². The van der Waals surface area contributed by atoms with E-state index in [1.54, 1.807) is 14.2 Å². The van der Waals surface area contributed by atoms with Crippen molar-refractivity contribution in [1.82, 2.24) is 5.32 Å². The SMILES string of the molecule is COCCNCC1CC1(C)CC(C)(C)OC. The average Bonchev–Trinajstić information content (AvgIpc) is 2.83. The van der Waals surface area contributed by atoms with Crippen molar-refractivity contribution in [3.63, 3.8) is 0 Å². The molecule has 1 N–H and O–H groups in total. The molecule has 3 heteroatoms. The lowest BCUT2D eigenvalue weighted by molar-refractivity contribution is -0.00171. The fraction of sp³-hybridized carbons (Fsp3) is 1.00. The minimum atomic E-state index is 0.00995. The smallest absolute Gasteiger partial charge is 0.0628 e. The third kappa shape index (κ3) is 4.04. The molecule has 1 saturated carbocycles. The molecule has 96 valence electrons. The molecule has 16 heavy (non-hydrogen) atoms. The molecule has 0 radical (unpaired) electrons. The summed E-state index contributed by atoms with van der Waals surface area (Å²) in [6.45, 7) is 9.58. The summed E-state index contributed by atoms with van der Waals surface area (Å²) in [6.07, 6.45) is 2.47. The van der Waals surface area contributed by atoms with Gasteiger partial charge in [-0.3, -0.25) is 0 Å². The van der Waals surface area contributed by atoms with Crippen LogP contribution in [0.5, 0.6) is 0 Å². The average molecular weight is 229 g/mol. The van der Waals surface area contributed by atoms with Crippen molar-refractivity contribution in [3.05, 3.63) is 0 Å². The molecule has 0 aromatic heterocycles. The third-order valence-electron chi connectivity index (χ3n) is 3.79. The van der Waals surface area contributed by atoms with Gasteiger partial charge in [0.2, 0.25) is 0 Å². The van der Waals surface area contributed by atoms with Crippen LogP contribution >= 0.6 is 0 Å². The molecule has 2 unspecified atom stereocenters. The van der Waals surface area contributed by atoms with Gasteiger partial charge in [0.05, 0.1) is 12.2 Å². The molecule has 2 atom stereocenters. The van der Waals surface area contributed by atoms with E-state index in [4.69, 9.17) is 9.47 Å². The molecule has 0 bridgehead atoms. The largest absolute Gasteiger partial charge is 0.383 e. The highest BCUT2D eigenvalue weighted by Gasteiger charge is 2.51. The second-order valence-corrected chi connectivity index (χ2v) is 5.89. The molecule has 3 nitrogen and oxygen atoms in total. The van der Waals surface area contributed by atoms with Crippen LogP contribution in [-0.2, 0) is 9.47 Å². The van der Waals surface area contributed by atoms with Crippen molar-refractivity contribution < 1.29 is 9.47 Å². The molecule has 1 fully saturated rings. The first-order valence-electron chi connectivity index (χ1n) is 6.18. The molecule has 1 aliphatic rings. The van der Waals surface area contributed by atoms with Crippen LogP contribution < -0.4 is 5.32 Å². The second-order valence-electron chi connectivity index (χ2n) is 5.89. The lowest BCUT2D eigenvalue weighted by Gasteiger charge is -2.27. The summed E-state index contributed by atoms with van der Waals surface area (Å²) < 4.78 is 10.5. The van der Waals surface area contributed by atoms with E-state index in [1.165, 1.54) is 6.42 Å². The van der Waals surface area contributed by atoms with Crippen LogP contribution in [0.25, 0.3) is 0 Å². The maximum absolute atomic E-state index is 5.50. The maximum Gasteiger partial charge on any atom is 0.0628 e. The summed E-state index contributed by atoms with van der Waals surface area (Å²) in [5.74, 6) is 0.804. The van der Waals surface area contributed by atoms with Gasteiger partial charge in [0.1, 0.15) is 0 Å². The topological polar surface area (TPSA) is 30.5 Å². The predicted molar refractivity (Wildman–Crippen MR) is 66.7 cm³/mol. The van der Waals surface area contributed by atoms with Crippen molar-refractivity contribution in [1.29, 1.82) is 0 Å². The zero-order chi connectivity index (χ0) is 12.2. The van der Waals surface area contributed by atoms with Crippen molar-refractivity contribution in [2.24, 2.45) is 11.3 Å². The van der Waals surface area contributed by atoms with Gasteiger partial charge < -0.3 is 14.8 Å². The Labute approximate surface area is 99.9 Å². The standard InChI is InChI=1S/C13H27NO2/c1-12(2,16-5)10-13(3)8-11(13)9-14-6-7-15-4/h11,14H,6-10H2,1-5H3. The van der Waals surface area contributed by atoms with Gasteiger partial charge in [-0.15, -0.1) is 0 Å². The Balaban J connectivity index is 2.20. The summed E-state index contributed by atoms with van der Waals surface area (Å²) in [5, 5.41) is 3.44. The van der Waals surface area contributed by atoms with Crippen molar-refractivity contribution in [2.75, 3.05) is 33.9 Å². The highest BCUT2D eigenvalue weighted by Crippen LogP contribution is 2.56. The van der Waals surface area contributed by atoms with E-state index in [0.29, 0.717) is 5.41 Å². The number of ether oxygens (including phenoxy) is 2. The zero-order valence-electron chi connectivity index (χ0n) is 11.4. The van der Waals surface area contributed by atoms with E-state index in [1.807, 2.05) is 0 Å². The molecular formula is C13H27NO2. The number of rotatable bonds is 8. The van der Waals surface area contributed by atoms with Crippen LogP contribution in [0.3, 0.4) is 0 Å². The highest BCUT2D eigenvalue weighted by atomic mass is 16.5. The molecule has 0 amide bonds. The Morgan fingerprint density at radius 2 is 2.06 bits per heavy atom. The quantitative estimate of drug-likeness (QED) is 0.646. The number of methoxy groups -OCH3 is 2. The van der Waals surface area contributed by atoms with Crippen LogP contribution in [0, 0.1) is 11.3 Å². The van der Waals surface area contributed by atoms with Gasteiger partial charge in [0.25, 0.3) is 0 Å². The molecule has 0 saturated heterocycles. The van der Waals surface area contributed by atoms with Gasteiger partial charge in [-0.05, 0) is 44.6 Å². The summed E-state index contributed by atoms with van der Waals surface area (Å²) in [4.78, 5) is 0. The van der Waals surface area contributed by atoms with Crippen LogP contribution in [0.4, 0.5) is 0 Å². The Kier molecular flexibility index (Phi) is 4.77. The normalized spacial score (nSPS) is 29.4. The van der Waals surface area contributed by atoms with E-state index in [0.717, 1.165) is 32.0 Å². The fourth-order valence-corrected chi connectivity index (χ4v) is 2.53. The van der Waals surface area contributed by atoms with Crippen molar-refractivity contribution >= 4 is 0 Å². The first-order chi connectivity index (χ1) is 7.43. The van der Waals surface area contributed by atoms with E-state index in [-0.39, 0.29) is 5.60 Å². The second kappa shape index (κ2) is 5.48. The lowest BCUT2D eigenvalue weighted by Crippen LogP contribution is -2.29. The van der Waals surface area contributed by atoms with E-state index < -0.39 is 0 Å². The van der Waals surface area contributed by atoms with Gasteiger partial charge in [-0.1, -0.05) is 6.92 Å². The number of nitrogens with one attached hydrogen (secondary N) is 1. The van der Waals surface area contributed by atoms with Gasteiger partial charge in [-0.25, -0.2) is 0 Å². The Bertz CT molecular complexity index is 218. The minimum absolute atomic E-state index is 0.00995. The molecule has 0 aromatic rings. The molecule has 0 heterocycles. The fourth-order valence-electron chi connectivity index (χ4n) is 2.53. The zero-order valence-corrected chi connectivity index (χ0v) is 11.4. The van der Waals surface area contributed by atoms with Crippen LogP contribution in [0.15, 0.2) is 0 Å². The minimum Gasteiger partial charge on any atom is -0.383 e. The first kappa shape index (κ1) is 13.9. The van der Waals surface area contributed by atoms with Gasteiger partial charge in [0.15, 0.2) is 0 Å². The van der Waals surface area contributed by atoms with Crippen molar-refractivity contribution in [2.45, 2.75) is 39.2 Å². The molecule has 0 spiro atoms.